The second-order valence-corrected chi connectivity index (χ2v) is 9.53. The van der Waals surface area contributed by atoms with Gasteiger partial charge in [0.15, 0.2) is 0 Å². The van der Waals surface area contributed by atoms with Gasteiger partial charge in [-0.3, -0.25) is 9.69 Å². The summed E-state index contributed by atoms with van der Waals surface area (Å²) < 4.78 is 11.5. The molecule has 0 saturated carbocycles. The zero-order chi connectivity index (χ0) is 24.9. The van der Waals surface area contributed by atoms with Gasteiger partial charge in [0.05, 0.1) is 13.2 Å². The number of carbonyl (C=O) groups excluding carboxylic acids is 1. The van der Waals surface area contributed by atoms with Gasteiger partial charge in [0.25, 0.3) is 5.91 Å². The fourth-order valence-corrected chi connectivity index (χ4v) is 4.90. The van der Waals surface area contributed by atoms with Gasteiger partial charge in [-0.2, -0.15) is 0 Å². The number of ether oxygens (including phenoxy) is 2. The van der Waals surface area contributed by atoms with Gasteiger partial charge in [0.2, 0.25) is 0 Å². The maximum Gasteiger partial charge on any atom is 0.255 e. The van der Waals surface area contributed by atoms with Crippen LogP contribution in [0.2, 0.25) is 10.0 Å². The van der Waals surface area contributed by atoms with Crippen LogP contribution in [0.5, 0.6) is 5.75 Å². The number of benzene rings is 4. The summed E-state index contributed by atoms with van der Waals surface area (Å²) in [6, 6.07) is 24.5. The molecule has 1 aliphatic rings. The van der Waals surface area contributed by atoms with E-state index in [1.165, 1.54) is 0 Å². The van der Waals surface area contributed by atoms with Crippen molar-refractivity contribution in [3.63, 3.8) is 0 Å². The molecule has 0 aliphatic carbocycles. The first-order valence-electron chi connectivity index (χ1n) is 11.9. The highest BCUT2D eigenvalue weighted by Crippen LogP contribution is 2.32. The Labute approximate surface area is 220 Å². The van der Waals surface area contributed by atoms with Crippen LogP contribution in [-0.2, 0) is 4.74 Å². The Bertz CT molecular complexity index is 1370. The van der Waals surface area contributed by atoms with E-state index < -0.39 is 0 Å². The summed E-state index contributed by atoms with van der Waals surface area (Å²) in [6.45, 7) is 4.85. The molecule has 1 N–H and O–H groups in total. The summed E-state index contributed by atoms with van der Waals surface area (Å²) >= 11 is 12.3. The number of anilines is 1. The average Bonchev–Trinajstić information content (AvgIpc) is 2.90. The molecule has 36 heavy (non-hydrogen) atoms. The standard InChI is InChI=1S/C29H26Cl2N2O3/c30-23-17-22(18-24(31)19-23)20-4-3-5-21(16-20)29(34)32-27-8-9-28(26-7-2-1-6-25(26)27)36-15-12-33-10-13-35-14-11-33/h1-9,16-19H,10-15H2,(H,32,34). The van der Waals surface area contributed by atoms with E-state index in [4.69, 9.17) is 32.7 Å². The van der Waals surface area contributed by atoms with Crippen LogP contribution in [0.3, 0.4) is 0 Å². The highest BCUT2D eigenvalue weighted by molar-refractivity contribution is 6.35. The van der Waals surface area contributed by atoms with Gasteiger partial charge in [0, 0.05) is 51.7 Å². The van der Waals surface area contributed by atoms with Gasteiger partial charge >= 0.3 is 0 Å². The van der Waals surface area contributed by atoms with Gasteiger partial charge in [-0.15, -0.1) is 0 Å². The fourth-order valence-electron chi connectivity index (χ4n) is 4.37. The number of morpholine rings is 1. The molecule has 1 aliphatic heterocycles. The number of hydrogen-bond donors (Lipinski definition) is 1. The monoisotopic (exact) mass is 520 g/mol. The molecule has 1 amide bonds. The van der Waals surface area contributed by atoms with Crippen LogP contribution >= 0.6 is 23.2 Å². The zero-order valence-corrected chi connectivity index (χ0v) is 21.2. The van der Waals surface area contributed by atoms with Gasteiger partial charge in [0.1, 0.15) is 12.4 Å². The number of nitrogens with zero attached hydrogens (tertiary/aromatic N) is 1. The summed E-state index contributed by atoms with van der Waals surface area (Å²) in [6.07, 6.45) is 0. The lowest BCUT2D eigenvalue weighted by atomic mass is 10.0. The second kappa shape index (κ2) is 11.3. The maximum absolute atomic E-state index is 13.2. The van der Waals surface area contributed by atoms with Gasteiger partial charge in [-0.05, 0) is 53.6 Å². The zero-order valence-electron chi connectivity index (χ0n) is 19.7. The van der Waals surface area contributed by atoms with Crippen LogP contribution in [0.25, 0.3) is 21.9 Å². The first-order valence-corrected chi connectivity index (χ1v) is 12.6. The minimum absolute atomic E-state index is 0.198. The third-order valence-electron chi connectivity index (χ3n) is 6.22. The van der Waals surface area contributed by atoms with Crippen molar-refractivity contribution >= 4 is 45.6 Å². The van der Waals surface area contributed by atoms with Crippen molar-refractivity contribution in [2.45, 2.75) is 0 Å². The molecule has 0 bridgehead atoms. The molecular formula is C29H26Cl2N2O3. The largest absolute Gasteiger partial charge is 0.492 e. The average molecular weight is 521 g/mol. The van der Waals surface area contributed by atoms with Crippen LogP contribution in [0.4, 0.5) is 5.69 Å². The maximum atomic E-state index is 13.2. The van der Waals surface area contributed by atoms with Crippen molar-refractivity contribution in [3.8, 4) is 16.9 Å². The number of hydrogen-bond acceptors (Lipinski definition) is 4. The molecule has 184 valence electrons. The smallest absolute Gasteiger partial charge is 0.255 e. The van der Waals surface area contributed by atoms with E-state index in [-0.39, 0.29) is 5.91 Å². The molecule has 5 nitrogen and oxygen atoms in total. The van der Waals surface area contributed by atoms with Crippen LogP contribution in [0.1, 0.15) is 10.4 Å². The first kappa shape index (κ1) is 24.6. The predicted octanol–water partition coefficient (Wildman–Crippen LogP) is 6.78. The molecule has 0 aromatic heterocycles. The Balaban J connectivity index is 1.33. The predicted molar refractivity (Wildman–Crippen MR) is 147 cm³/mol. The summed E-state index contributed by atoms with van der Waals surface area (Å²) in [5, 5.41) is 6.05. The Morgan fingerprint density at radius 2 is 1.61 bits per heavy atom. The van der Waals surface area contributed by atoms with Crippen LogP contribution in [-0.4, -0.2) is 50.3 Å². The third-order valence-corrected chi connectivity index (χ3v) is 6.66. The quantitative estimate of drug-likeness (QED) is 0.292. The fraction of sp³-hybridized carbons (Fsp3) is 0.207. The highest BCUT2D eigenvalue weighted by atomic mass is 35.5. The van der Waals surface area contributed by atoms with Gasteiger partial charge < -0.3 is 14.8 Å². The van der Waals surface area contributed by atoms with E-state index in [2.05, 4.69) is 10.2 Å². The first-order chi connectivity index (χ1) is 17.6. The molecule has 1 fully saturated rings. The minimum atomic E-state index is -0.198. The van der Waals surface area contributed by atoms with Crippen molar-refractivity contribution in [1.82, 2.24) is 4.90 Å². The van der Waals surface area contributed by atoms with Crippen molar-refractivity contribution in [2.24, 2.45) is 0 Å². The molecule has 1 saturated heterocycles. The number of amides is 1. The van der Waals surface area contributed by atoms with Crippen LogP contribution in [0, 0.1) is 0 Å². The van der Waals surface area contributed by atoms with Crippen molar-refractivity contribution in [3.05, 3.63) is 94.5 Å². The Morgan fingerprint density at radius 1 is 0.861 bits per heavy atom. The molecule has 1 heterocycles. The van der Waals surface area contributed by atoms with E-state index in [1.54, 1.807) is 12.1 Å². The number of rotatable bonds is 7. The van der Waals surface area contributed by atoms with Gasteiger partial charge in [-0.1, -0.05) is 59.6 Å². The summed E-state index contributed by atoms with van der Waals surface area (Å²) in [7, 11) is 0. The minimum Gasteiger partial charge on any atom is -0.492 e. The van der Waals surface area contributed by atoms with E-state index in [0.717, 1.165) is 66.2 Å². The van der Waals surface area contributed by atoms with E-state index in [1.807, 2.05) is 66.7 Å². The topological polar surface area (TPSA) is 50.8 Å². The number of nitrogens with one attached hydrogen (secondary N) is 1. The normalized spacial score (nSPS) is 14.1. The van der Waals surface area contributed by atoms with E-state index in [0.29, 0.717) is 22.2 Å². The molecule has 7 heteroatoms. The number of carbonyl (C=O) groups is 1. The summed E-state index contributed by atoms with van der Waals surface area (Å²) in [4.78, 5) is 15.5. The highest BCUT2D eigenvalue weighted by Gasteiger charge is 2.14. The molecule has 0 unspecified atom stereocenters. The van der Waals surface area contributed by atoms with Crippen LogP contribution < -0.4 is 10.1 Å². The Kier molecular flexibility index (Phi) is 7.73. The molecule has 4 aromatic rings. The van der Waals surface area contributed by atoms with E-state index in [9.17, 15) is 4.79 Å². The molecular weight excluding hydrogens is 495 g/mol. The molecule has 0 atom stereocenters. The molecule has 4 aromatic carbocycles. The van der Waals surface area contributed by atoms with Crippen molar-refractivity contribution in [2.75, 3.05) is 44.8 Å². The SMILES string of the molecule is O=C(Nc1ccc(OCCN2CCOCC2)c2ccccc12)c1cccc(-c2cc(Cl)cc(Cl)c2)c1. The lowest BCUT2D eigenvalue weighted by molar-refractivity contribution is 0.0323. The molecule has 0 spiro atoms. The Morgan fingerprint density at radius 3 is 2.39 bits per heavy atom. The molecule has 5 rings (SSSR count). The third kappa shape index (κ3) is 5.82. The summed E-state index contributed by atoms with van der Waals surface area (Å²) in [5.74, 6) is 0.604. The number of fused-ring (bicyclic) bond motifs is 1. The van der Waals surface area contributed by atoms with Gasteiger partial charge in [-0.25, -0.2) is 0 Å². The van der Waals surface area contributed by atoms with E-state index >= 15 is 0 Å². The lowest BCUT2D eigenvalue weighted by Gasteiger charge is -2.26. The Hall–Kier alpha value is -3.09. The van der Waals surface area contributed by atoms with Crippen molar-refractivity contribution in [1.29, 1.82) is 0 Å². The van der Waals surface area contributed by atoms with Crippen LogP contribution in [0.15, 0.2) is 78.9 Å². The summed E-state index contributed by atoms with van der Waals surface area (Å²) in [5.41, 5.74) is 2.98. The lowest BCUT2D eigenvalue weighted by Crippen LogP contribution is -2.38. The second-order valence-electron chi connectivity index (χ2n) is 8.65. The number of halogens is 2. The molecule has 0 radical (unpaired) electrons. The van der Waals surface area contributed by atoms with Crippen molar-refractivity contribution < 1.29 is 14.3 Å².